The van der Waals surface area contributed by atoms with E-state index in [1.54, 1.807) is 12.1 Å². The van der Waals surface area contributed by atoms with Gasteiger partial charge in [-0.3, -0.25) is 0 Å². The summed E-state index contributed by atoms with van der Waals surface area (Å²) in [5, 5.41) is 26.1. The number of aromatic carboxylic acids is 3. The number of ether oxygens (including phenoxy) is 1. The van der Waals surface area contributed by atoms with Crippen LogP contribution < -0.4 is 0 Å². The molecule has 0 aliphatic carbocycles. The molecule has 0 saturated heterocycles. The fourth-order valence-corrected chi connectivity index (χ4v) is 3.01. The van der Waals surface area contributed by atoms with Crippen LogP contribution in [0.1, 0.15) is 93.3 Å². The molecule has 0 aromatic heterocycles. The Balaban J connectivity index is 0.000000383. The van der Waals surface area contributed by atoms with Crippen LogP contribution in [0.5, 0.6) is 0 Å². The van der Waals surface area contributed by atoms with Crippen molar-refractivity contribution >= 4 is 23.9 Å². The zero-order valence-electron chi connectivity index (χ0n) is 18.7. The van der Waals surface area contributed by atoms with E-state index in [-0.39, 0.29) is 22.3 Å². The molecule has 2 aromatic carbocycles. The predicted molar refractivity (Wildman–Crippen MR) is 122 cm³/mol. The third kappa shape index (κ3) is 9.99. The molecule has 0 heterocycles. The predicted octanol–water partition coefficient (Wildman–Crippen LogP) is 5.38. The minimum absolute atomic E-state index is 0.0120. The van der Waals surface area contributed by atoms with Crippen molar-refractivity contribution in [2.45, 2.75) is 51.9 Å². The molecule has 0 radical (unpaired) electrons. The maximum Gasteiger partial charge on any atom is 0.339 e. The average Bonchev–Trinajstić information content (AvgIpc) is 2.81. The Morgan fingerprint density at radius 1 is 0.606 bits per heavy atom. The second kappa shape index (κ2) is 15.2. The molecular formula is C25H30O8. The molecule has 0 spiro atoms. The third-order valence-corrected chi connectivity index (χ3v) is 4.75. The highest BCUT2D eigenvalue weighted by molar-refractivity contribution is 6.02. The number of rotatable bonds is 12. The number of carboxylic acids is 3. The van der Waals surface area contributed by atoms with E-state index in [0.29, 0.717) is 6.61 Å². The van der Waals surface area contributed by atoms with Gasteiger partial charge in [-0.1, -0.05) is 69.7 Å². The van der Waals surface area contributed by atoms with Crippen LogP contribution >= 0.6 is 0 Å². The molecule has 0 aliphatic rings. The first-order chi connectivity index (χ1) is 15.8. The van der Waals surface area contributed by atoms with E-state index in [9.17, 15) is 19.2 Å². The molecule has 0 atom stereocenters. The maximum absolute atomic E-state index is 11.9. The van der Waals surface area contributed by atoms with Gasteiger partial charge in [0.2, 0.25) is 0 Å². The minimum Gasteiger partial charge on any atom is -0.478 e. The highest BCUT2D eigenvalue weighted by Gasteiger charge is 2.16. The molecule has 2 rings (SSSR count). The van der Waals surface area contributed by atoms with Gasteiger partial charge in [0.1, 0.15) is 0 Å². The number of esters is 1. The molecule has 8 nitrogen and oxygen atoms in total. The first-order valence-corrected chi connectivity index (χ1v) is 10.8. The van der Waals surface area contributed by atoms with E-state index in [1.165, 1.54) is 62.1 Å². The van der Waals surface area contributed by atoms with Gasteiger partial charge in [0.05, 0.1) is 28.9 Å². The van der Waals surface area contributed by atoms with Crippen molar-refractivity contribution in [3.8, 4) is 0 Å². The molecule has 0 fully saturated rings. The summed E-state index contributed by atoms with van der Waals surface area (Å²) in [6, 6.07) is 11.6. The highest BCUT2D eigenvalue weighted by Crippen LogP contribution is 2.12. The fourth-order valence-electron chi connectivity index (χ4n) is 3.01. The Kier molecular flexibility index (Phi) is 12.6. The van der Waals surface area contributed by atoms with Crippen molar-refractivity contribution in [3.05, 3.63) is 70.8 Å². The van der Waals surface area contributed by atoms with Crippen LogP contribution in [0.25, 0.3) is 0 Å². The highest BCUT2D eigenvalue weighted by atomic mass is 16.5. The standard InChI is InChI=1S/C17H24O4.C8H6O4/c1-2-3-4-5-6-7-10-13-21-17(20)15-12-9-8-11-14(15)16(18)19;9-7(10)5-3-1-2-4-6(5)8(11)12/h8-9,11-12H,2-7,10,13H2,1H3,(H,18,19);1-4H,(H,9,10)(H,11,12). The molecular weight excluding hydrogens is 428 g/mol. The van der Waals surface area contributed by atoms with Crippen molar-refractivity contribution < 1.29 is 39.2 Å². The lowest BCUT2D eigenvalue weighted by Gasteiger charge is -2.07. The molecule has 33 heavy (non-hydrogen) atoms. The van der Waals surface area contributed by atoms with Crippen LogP contribution in [-0.2, 0) is 4.74 Å². The molecule has 0 bridgehead atoms. The fraction of sp³-hybridized carbons (Fsp3) is 0.360. The molecule has 0 unspecified atom stereocenters. The van der Waals surface area contributed by atoms with Gasteiger partial charge < -0.3 is 20.1 Å². The molecule has 0 saturated carbocycles. The van der Waals surface area contributed by atoms with Crippen LogP contribution in [0.3, 0.4) is 0 Å². The van der Waals surface area contributed by atoms with E-state index < -0.39 is 23.9 Å². The van der Waals surface area contributed by atoms with Gasteiger partial charge in [-0.15, -0.1) is 0 Å². The number of carbonyl (C=O) groups is 4. The minimum atomic E-state index is -1.23. The zero-order valence-corrected chi connectivity index (χ0v) is 18.7. The van der Waals surface area contributed by atoms with Gasteiger partial charge >= 0.3 is 23.9 Å². The number of unbranched alkanes of at least 4 members (excludes halogenated alkanes) is 6. The molecule has 178 valence electrons. The Hall–Kier alpha value is -3.68. The van der Waals surface area contributed by atoms with E-state index >= 15 is 0 Å². The summed E-state index contributed by atoms with van der Waals surface area (Å²) in [4.78, 5) is 43.8. The van der Waals surface area contributed by atoms with Gasteiger partial charge in [0, 0.05) is 0 Å². The summed E-state index contributed by atoms with van der Waals surface area (Å²) >= 11 is 0. The first-order valence-electron chi connectivity index (χ1n) is 10.8. The van der Waals surface area contributed by atoms with Crippen molar-refractivity contribution in [3.63, 3.8) is 0 Å². The number of carbonyl (C=O) groups excluding carboxylic acids is 1. The van der Waals surface area contributed by atoms with Gasteiger partial charge in [-0.05, 0) is 30.7 Å². The van der Waals surface area contributed by atoms with Crippen molar-refractivity contribution in [1.29, 1.82) is 0 Å². The Bertz CT molecular complexity index is 903. The number of hydrogen-bond donors (Lipinski definition) is 3. The quantitative estimate of drug-likeness (QED) is 0.285. The SMILES string of the molecule is CCCCCCCCCOC(=O)c1ccccc1C(=O)O.O=C(O)c1ccccc1C(=O)O. The van der Waals surface area contributed by atoms with Gasteiger partial charge in [0.15, 0.2) is 0 Å². The van der Waals surface area contributed by atoms with Gasteiger partial charge in [-0.2, -0.15) is 0 Å². The summed E-state index contributed by atoms with van der Waals surface area (Å²) in [5.41, 5.74) is -0.273. The average molecular weight is 459 g/mol. The molecule has 2 aromatic rings. The molecule has 0 aliphatic heterocycles. The van der Waals surface area contributed by atoms with Crippen LogP contribution in [0.2, 0.25) is 0 Å². The Morgan fingerprint density at radius 2 is 0.970 bits per heavy atom. The third-order valence-electron chi connectivity index (χ3n) is 4.75. The topological polar surface area (TPSA) is 138 Å². The van der Waals surface area contributed by atoms with Gasteiger partial charge in [0.25, 0.3) is 0 Å². The largest absolute Gasteiger partial charge is 0.478 e. The van der Waals surface area contributed by atoms with Gasteiger partial charge in [-0.25, -0.2) is 19.2 Å². The summed E-state index contributed by atoms with van der Waals surface area (Å²) in [7, 11) is 0. The van der Waals surface area contributed by atoms with Crippen molar-refractivity contribution in [1.82, 2.24) is 0 Å². The number of carboxylic acid groups (broad SMARTS) is 3. The summed E-state index contributed by atoms with van der Waals surface area (Å²) < 4.78 is 5.14. The first kappa shape index (κ1) is 27.4. The van der Waals surface area contributed by atoms with Crippen LogP contribution in [0.15, 0.2) is 48.5 Å². The lowest BCUT2D eigenvalue weighted by Crippen LogP contribution is -2.12. The van der Waals surface area contributed by atoms with Crippen LogP contribution in [0.4, 0.5) is 0 Å². The smallest absolute Gasteiger partial charge is 0.339 e. The summed E-state index contributed by atoms with van der Waals surface area (Å²) in [6.45, 7) is 2.54. The second-order valence-electron chi connectivity index (χ2n) is 7.26. The number of hydrogen-bond acceptors (Lipinski definition) is 5. The summed E-state index contributed by atoms with van der Waals surface area (Å²) in [6.07, 6.45) is 8.03. The Labute approximate surface area is 192 Å². The van der Waals surface area contributed by atoms with E-state index in [1.807, 2.05) is 0 Å². The van der Waals surface area contributed by atoms with Crippen molar-refractivity contribution in [2.75, 3.05) is 6.61 Å². The zero-order chi connectivity index (χ0) is 24.6. The second-order valence-corrected chi connectivity index (χ2v) is 7.26. The normalized spacial score (nSPS) is 9.97. The number of benzene rings is 2. The van der Waals surface area contributed by atoms with E-state index in [4.69, 9.17) is 20.1 Å². The molecule has 3 N–H and O–H groups in total. The maximum atomic E-state index is 11.9. The summed E-state index contributed by atoms with van der Waals surface area (Å²) in [5.74, 6) is -4.13. The Morgan fingerprint density at radius 3 is 1.39 bits per heavy atom. The van der Waals surface area contributed by atoms with Crippen LogP contribution in [-0.4, -0.2) is 45.8 Å². The van der Waals surface area contributed by atoms with Crippen LogP contribution in [0, 0.1) is 0 Å². The lowest BCUT2D eigenvalue weighted by molar-refractivity contribution is 0.0487. The van der Waals surface area contributed by atoms with E-state index in [2.05, 4.69) is 6.92 Å². The van der Waals surface area contributed by atoms with Crippen molar-refractivity contribution in [2.24, 2.45) is 0 Å². The lowest BCUT2D eigenvalue weighted by atomic mass is 10.1. The monoisotopic (exact) mass is 458 g/mol. The molecule has 0 amide bonds. The van der Waals surface area contributed by atoms with E-state index in [0.717, 1.165) is 19.3 Å². The molecule has 8 heteroatoms.